The Kier molecular flexibility index (Phi) is 9.95. The van der Waals surface area contributed by atoms with Crippen molar-refractivity contribution in [2.45, 2.75) is 19.3 Å². The van der Waals surface area contributed by atoms with Crippen LogP contribution in [0.5, 0.6) is 0 Å². The van der Waals surface area contributed by atoms with Gasteiger partial charge in [0.25, 0.3) is 0 Å². The van der Waals surface area contributed by atoms with Gasteiger partial charge >= 0.3 is 0 Å². The number of rotatable bonds is 8. The lowest BCUT2D eigenvalue weighted by molar-refractivity contribution is 0.668. The molecule has 0 saturated carbocycles. The van der Waals surface area contributed by atoms with E-state index in [4.69, 9.17) is 8.83 Å². The van der Waals surface area contributed by atoms with Gasteiger partial charge in [-0.25, -0.2) is 0 Å². The highest BCUT2D eigenvalue weighted by atomic mass is 16.3. The maximum absolute atomic E-state index is 6.89. The number of furan rings is 2. The smallest absolute Gasteiger partial charge is 0.159 e. The van der Waals surface area contributed by atoms with Crippen molar-refractivity contribution in [3.05, 3.63) is 278 Å². The molecular weight excluding hydrogens is 961 g/mol. The number of hydrogen-bond acceptors (Lipinski definition) is 4. The van der Waals surface area contributed by atoms with E-state index >= 15 is 0 Å². The summed E-state index contributed by atoms with van der Waals surface area (Å²) in [5, 5.41) is 11.7. The van der Waals surface area contributed by atoms with Crippen molar-refractivity contribution in [3.63, 3.8) is 0 Å². The molecule has 0 unspecified atom stereocenters. The molecule has 372 valence electrons. The third-order valence-electron chi connectivity index (χ3n) is 16.8. The van der Waals surface area contributed by atoms with Gasteiger partial charge in [0.05, 0.1) is 17.1 Å². The van der Waals surface area contributed by atoms with E-state index in [1.165, 1.54) is 71.3 Å². The Labute approximate surface area is 457 Å². The summed E-state index contributed by atoms with van der Waals surface area (Å²) in [4.78, 5) is 4.82. The quantitative estimate of drug-likeness (QED) is 0.142. The minimum absolute atomic E-state index is 0.389. The van der Waals surface area contributed by atoms with Crippen molar-refractivity contribution in [2.75, 3.05) is 9.80 Å². The summed E-state index contributed by atoms with van der Waals surface area (Å²) in [7, 11) is 0. The summed E-state index contributed by atoms with van der Waals surface area (Å²) >= 11 is 0. The van der Waals surface area contributed by atoms with Gasteiger partial charge in [-0.05, 0) is 138 Å². The largest absolute Gasteiger partial charge is 0.454 e. The SMILES string of the molecule is CC1(C)c2c(cc(N(c3ccc(-c4ccccc4)cc3)c3cccc4c3oc3ccccc34)c3ccccc23)-c2c1c1ccc(N(c3ccc(-c4ccccc4)cc3)c3cccc4c3oc3ccccc34)cc1c1ccccc21. The van der Waals surface area contributed by atoms with Crippen molar-refractivity contribution >= 4 is 110 Å². The maximum atomic E-state index is 6.89. The second-order valence-electron chi connectivity index (χ2n) is 21.5. The van der Waals surface area contributed by atoms with Crippen LogP contribution in [0.3, 0.4) is 0 Å². The Morgan fingerprint density at radius 2 is 0.709 bits per heavy atom. The fourth-order valence-electron chi connectivity index (χ4n) is 13.3. The normalized spacial score (nSPS) is 12.8. The van der Waals surface area contributed by atoms with Crippen molar-refractivity contribution in [1.82, 2.24) is 0 Å². The first-order valence-corrected chi connectivity index (χ1v) is 27.2. The molecule has 1 aliphatic rings. The molecule has 0 bridgehead atoms. The van der Waals surface area contributed by atoms with Gasteiger partial charge in [0.2, 0.25) is 0 Å². The Bertz CT molecular complexity index is 4920. The predicted octanol–water partition coefficient (Wildman–Crippen LogP) is 21.5. The average molecular weight is 1010 g/mol. The number of anilines is 6. The van der Waals surface area contributed by atoms with Crippen LogP contribution in [0.2, 0.25) is 0 Å². The van der Waals surface area contributed by atoms with Gasteiger partial charge in [0, 0.05) is 49.4 Å². The number of benzene rings is 13. The van der Waals surface area contributed by atoms with E-state index in [0.29, 0.717) is 0 Å². The first-order chi connectivity index (χ1) is 39.0. The molecule has 0 aliphatic heterocycles. The van der Waals surface area contributed by atoms with Crippen molar-refractivity contribution in [3.8, 4) is 33.4 Å². The lowest BCUT2D eigenvalue weighted by Gasteiger charge is -2.30. The van der Waals surface area contributed by atoms with Crippen LogP contribution < -0.4 is 9.80 Å². The molecule has 15 aromatic rings. The molecule has 1 aliphatic carbocycles. The van der Waals surface area contributed by atoms with Crippen LogP contribution in [0.1, 0.15) is 25.0 Å². The molecule has 0 amide bonds. The fraction of sp³-hybridized carbons (Fsp3) is 0.0400. The zero-order valence-corrected chi connectivity index (χ0v) is 43.6. The Morgan fingerprint density at radius 1 is 0.278 bits per heavy atom. The molecule has 13 aromatic carbocycles. The van der Waals surface area contributed by atoms with Crippen molar-refractivity contribution in [1.29, 1.82) is 0 Å². The number of hydrogen-bond donors (Lipinski definition) is 0. The van der Waals surface area contributed by atoms with Crippen LogP contribution in [-0.2, 0) is 5.41 Å². The summed E-state index contributed by atoms with van der Waals surface area (Å²) in [6.07, 6.45) is 0. The van der Waals surface area contributed by atoms with Gasteiger partial charge in [-0.2, -0.15) is 0 Å². The molecule has 79 heavy (non-hydrogen) atoms. The highest BCUT2D eigenvalue weighted by molar-refractivity contribution is 6.22. The summed E-state index contributed by atoms with van der Waals surface area (Å²) < 4.78 is 13.7. The van der Waals surface area contributed by atoms with E-state index in [0.717, 1.165) is 83.6 Å². The second kappa shape index (κ2) is 17.4. The van der Waals surface area contributed by atoms with E-state index in [-0.39, 0.29) is 5.41 Å². The minimum Gasteiger partial charge on any atom is -0.454 e. The minimum atomic E-state index is -0.389. The molecule has 2 heterocycles. The highest BCUT2D eigenvalue weighted by Gasteiger charge is 2.41. The molecular formula is C75H50N2O2. The lowest BCUT2D eigenvalue weighted by Crippen LogP contribution is -2.17. The van der Waals surface area contributed by atoms with E-state index in [2.05, 4.69) is 285 Å². The van der Waals surface area contributed by atoms with Gasteiger partial charge in [-0.3, -0.25) is 0 Å². The van der Waals surface area contributed by atoms with Crippen molar-refractivity contribution in [2.24, 2.45) is 0 Å². The van der Waals surface area contributed by atoms with Crippen LogP contribution >= 0.6 is 0 Å². The molecule has 0 N–H and O–H groups in total. The number of para-hydroxylation sites is 4. The first kappa shape index (κ1) is 45.1. The molecule has 0 spiro atoms. The van der Waals surface area contributed by atoms with Gasteiger partial charge in [0.1, 0.15) is 11.2 Å². The van der Waals surface area contributed by atoms with Crippen molar-refractivity contribution < 1.29 is 8.83 Å². The molecule has 0 saturated heterocycles. The Hall–Kier alpha value is -10.2. The summed E-state index contributed by atoms with van der Waals surface area (Å²) in [6, 6.07) is 96.7. The van der Waals surface area contributed by atoms with E-state index in [9.17, 15) is 0 Å². The molecule has 2 aromatic heterocycles. The highest BCUT2D eigenvalue weighted by Crippen LogP contribution is 2.59. The summed E-state index contributed by atoms with van der Waals surface area (Å²) in [6.45, 7) is 4.87. The molecule has 0 atom stereocenters. The molecule has 0 radical (unpaired) electrons. The third kappa shape index (κ3) is 6.87. The molecule has 16 rings (SSSR count). The average Bonchev–Trinajstić information content (AvgIpc) is 3.41. The fourth-order valence-corrected chi connectivity index (χ4v) is 13.3. The van der Waals surface area contributed by atoms with Gasteiger partial charge < -0.3 is 18.6 Å². The third-order valence-corrected chi connectivity index (χ3v) is 16.8. The standard InChI is InChI=1S/C75H50N2O2/c1-75(2)71-59-28-12-10-24-55(59)67(77(52-41-37-50(38-42-52)48-21-7-4-8-22-48)66-32-18-30-62-57-26-14-16-34-69(57)79-74(62)66)46-64(71)70-58-27-11-9-23-54(58)63-45-53(43-44-60(63)72(70)75)76(51-39-35-49(36-40-51)47-19-5-3-6-20-47)65-31-17-29-61-56-25-13-15-33-68(56)78-73(61)65/h3-46H,1-2H3. The molecule has 0 fully saturated rings. The van der Waals surface area contributed by atoms with Crippen LogP contribution in [0, 0.1) is 0 Å². The van der Waals surface area contributed by atoms with Gasteiger partial charge in [0.15, 0.2) is 11.2 Å². The van der Waals surface area contributed by atoms with Crippen LogP contribution in [-0.4, -0.2) is 0 Å². The Balaban J connectivity index is 0.931. The number of nitrogens with zero attached hydrogens (tertiary/aromatic N) is 2. The first-order valence-electron chi connectivity index (χ1n) is 27.2. The number of fused-ring (bicyclic) bond motifs is 16. The van der Waals surface area contributed by atoms with E-state index in [1.807, 2.05) is 6.07 Å². The molecule has 4 nitrogen and oxygen atoms in total. The predicted molar refractivity (Wildman–Crippen MR) is 331 cm³/mol. The maximum Gasteiger partial charge on any atom is 0.159 e. The zero-order chi connectivity index (χ0) is 52.3. The monoisotopic (exact) mass is 1010 g/mol. The van der Waals surface area contributed by atoms with Crippen LogP contribution in [0.4, 0.5) is 34.1 Å². The Morgan fingerprint density at radius 3 is 1.29 bits per heavy atom. The van der Waals surface area contributed by atoms with Crippen LogP contribution in [0.25, 0.3) is 110 Å². The van der Waals surface area contributed by atoms with E-state index in [1.54, 1.807) is 0 Å². The topological polar surface area (TPSA) is 32.8 Å². The summed E-state index contributed by atoms with van der Waals surface area (Å²) in [5.41, 5.74) is 19.1. The molecule has 4 heteroatoms. The van der Waals surface area contributed by atoms with Crippen LogP contribution in [0.15, 0.2) is 276 Å². The van der Waals surface area contributed by atoms with Gasteiger partial charge in [-0.15, -0.1) is 0 Å². The van der Waals surface area contributed by atoms with Gasteiger partial charge in [-0.1, -0.05) is 214 Å². The second-order valence-corrected chi connectivity index (χ2v) is 21.5. The lowest BCUT2D eigenvalue weighted by atomic mass is 9.77. The summed E-state index contributed by atoms with van der Waals surface area (Å²) in [5.74, 6) is 0. The van der Waals surface area contributed by atoms with E-state index < -0.39 is 0 Å². The zero-order valence-electron chi connectivity index (χ0n) is 43.6.